The van der Waals surface area contributed by atoms with Crippen LogP contribution in [0.4, 0.5) is 18.9 Å². The number of halogens is 3. The van der Waals surface area contributed by atoms with E-state index < -0.39 is 17.8 Å². The molecule has 0 aliphatic carbocycles. The molecule has 0 fully saturated rings. The Morgan fingerprint density at radius 2 is 1.60 bits per heavy atom. The predicted molar refractivity (Wildman–Crippen MR) is 134 cm³/mol. The Morgan fingerprint density at radius 3 is 2.26 bits per heavy atom. The minimum atomic E-state index is -4.50. The zero-order valence-corrected chi connectivity index (χ0v) is 20.4. The Morgan fingerprint density at radius 1 is 0.914 bits per heavy atom. The van der Waals surface area contributed by atoms with Crippen LogP contribution < -0.4 is 20.5 Å². The minimum absolute atomic E-state index is 0.293. The monoisotopic (exact) mass is 482 g/mol. The Balaban J connectivity index is 2.07. The van der Waals surface area contributed by atoms with E-state index in [2.05, 4.69) is 25.2 Å². The lowest BCUT2D eigenvalue weighted by Crippen LogP contribution is -2.32. The van der Waals surface area contributed by atoms with Gasteiger partial charge in [-0.1, -0.05) is 30.3 Å². The zero-order chi connectivity index (χ0) is 25.5. The van der Waals surface area contributed by atoms with E-state index in [9.17, 15) is 13.2 Å². The van der Waals surface area contributed by atoms with Gasteiger partial charge in [-0.2, -0.15) is 13.2 Å². The smallest absolute Gasteiger partial charge is 0.416 e. The van der Waals surface area contributed by atoms with Crippen molar-refractivity contribution in [2.24, 2.45) is 5.73 Å². The number of fused-ring (bicyclic) bond motifs is 1. The molecule has 4 nitrogen and oxygen atoms in total. The van der Waals surface area contributed by atoms with Gasteiger partial charge in [-0.25, -0.2) is 0 Å². The number of hydrogen-bond donors (Lipinski definition) is 2. The maximum absolute atomic E-state index is 13.7. The molecule has 0 bridgehead atoms. The van der Waals surface area contributed by atoms with Crippen LogP contribution in [0.25, 0.3) is 16.7 Å². The van der Waals surface area contributed by atoms with Gasteiger partial charge in [0.15, 0.2) is 0 Å². The van der Waals surface area contributed by atoms with Gasteiger partial charge >= 0.3 is 6.18 Å². The van der Waals surface area contributed by atoms with Crippen molar-refractivity contribution in [3.05, 3.63) is 82.9 Å². The standard InChI is InChI=1S/C28H29F3N2O2/c1-16-15-27(2,3)33-21-12-11-18(20-14-17(28(29,30)31)10-13-23(20)35-5)25(24(16)21)26(32)19-8-6-7-9-22(19)34-4/h6-15,26,33H,32H2,1-5H3. The molecule has 0 saturated carbocycles. The molecule has 1 atom stereocenters. The first-order valence-corrected chi connectivity index (χ1v) is 11.3. The molecule has 1 heterocycles. The molecular formula is C28H29F3N2O2. The number of methoxy groups -OCH3 is 2. The van der Waals surface area contributed by atoms with E-state index in [4.69, 9.17) is 15.2 Å². The average Bonchev–Trinajstić information content (AvgIpc) is 2.81. The highest BCUT2D eigenvalue weighted by Gasteiger charge is 2.33. The van der Waals surface area contributed by atoms with Crippen LogP contribution in [-0.2, 0) is 6.18 Å². The zero-order valence-electron chi connectivity index (χ0n) is 20.4. The van der Waals surface area contributed by atoms with E-state index >= 15 is 0 Å². The Hall–Kier alpha value is -3.45. The lowest BCUT2D eigenvalue weighted by atomic mass is 9.80. The lowest BCUT2D eigenvalue weighted by molar-refractivity contribution is -0.137. The summed E-state index contributed by atoms with van der Waals surface area (Å²) in [6.45, 7) is 6.11. The molecule has 35 heavy (non-hydrogen) atoms. The van der Waals surface area contributed by atoms with Gasteiger partial charge < -0.3 is 20.5 Å². The number of nitrogens with two attached hydrogens (primary N) is 1. The maximum atomic E-state index is 13.7. The number of alkyl halides is 3. The third-order valence-electron chi connectivity index (χ3n) is 6.28. The first-order chi connectivity index (χ1) is 16.5. The van der Waals surface area contributed by atoms with Crippen LogP contribution in [0.2, 0.25) is 0 Å². The lowest BCUT2D eigenvalue weighted by Gasteiger charge is -2.35. The SMILES string of the molecule is COc1ccc(C(F)(F)F)cc1-c1ccc2c(c1C(N)c1ccccc1OC)C(C)=CC(C)(C)N2. The Kier molecular flexibility index (Phi) is 6.32. The van der Waals surface area contributed by atoms with Crippen molar-refractivity contribution in [3.8, 4) is 22.6 Å². The second kappa shape index (κ2) is 8.96. The molecule has 3 aromatic rings. The van der Waals surface area contributed by atoms with Gasteiger partial charge in [-0.05, 0) is 67.8 Å². The first-order valence-electron chi connectivity index (χ1n) is 11.3. The third-order valence-corrected chi connectivity index (χ3v) is 6.28. The van der Waals surface area contributed by atoms with Crippen molar-refractivity contribution < 1.29 is 22.6 Å². The molecule has 0 radical (unpaired) electrons. The number of rotatable bonds is 5. The summed E-state index contributed by atoms with van der Waals surface area (Å²) >= 11 is 0. The van der Waals surface area contributed by atoms with Crippen LogP contribution in [0.1, 0.15) is 49.1 Å². The molecule has 1 aliphatic heterocycles. The Labute approximate surface area is 203 Å². The molecule has 0 saturated heterocycles. The van der Waals surface area contributed by atoms with Crippen LogP contribution in [0, 0.1) is 0 Å². The second-order valence-electron chi connectivity index (χ2n) is 9.26. The van der Waals surface area contributed by atoms with Gasteiger partial charge in [0.05, 0.1) is 31.4 Å². The van der Waals surface area contributed by atoms with Gasteiger partial charge in [-0.15, -0.1) is 0 Å². The number of allylic oxidation sites excluding steroid dienone is 1. The van der Waals surface area contributed by atoms with E-state index in [0.29, 0.717) is 28.2 Å². The van der Waals surface area contributed by atoms with E-state index in [1.54, 1.807) is 7.11 Å². The number of anilines is 1. The van der Waals surface area contributed by atoms with Gasteiger partial charge in [0.2, 0.25) is 0 Å². The maximum Gasteiger partial charge on any atom is 0.416 e. The van der Waals surface area contributed by atoms with Crippen LogP contribution >= 0.6 is 0 Å². The fraction of sp³-hybridized carbons (Fsp3) is 0.286. The highest BCUT2D eigenvalue weighted by Crippen LogP contribution is 2.47. The number of benzene rings is 3. The highest BCUT2D eigenvalue weighted by atomic mass is 19.4. The molecular weight excluding hydrogens is 453 g/mol. The van der Waals surface area contributed by atoms with E-state index in [1.165, 1.54) is 13.2 Å². The van der Waals surface area contributed by atoms with Crippen LogP contribution in [0.15, 0.2) is 60.7 Å². The van der Waals surface area contributed by atoms with E-state index in [0.717, 1.165) is 34.5 Å². The molecule has 184 valence electrons. The summed E-state index contributed by atoms with van der Waals surface area (Å²) in [7, 11) is 3.01. The number of hydrogen-bond acceptors (Lipinski definition) is 4. The summed E-state index contributed by atoms with van der Waals surface area (Å²) in [4.78, 5) is 0. The number of nitrogens with one attached hydrogen (secondary N) is 1. The molecule has 3 N–H and O–H groups in total. The van der Waals surface area contributed by atoms with Gasteiger partial charge in [0.1, 0.15) is 11.5 Å². The van der Waals surface area contributed by atoms with Crippen molar-refractivity contribution in [2.75, 3.05) is 19.5 Å². The van der Waals surface area contributed by atoms with Crippen LogP contribution in [0.5, 0.6) is 11.5 Å². The summed E-state index contributed by atoms with van der Waals surface area (Å²) in [6, 6.07) is 13.9. The topological polar surface area (TPSA) is 56.5 Å². The largest absolute Gasteiger partial charge is 0.496 e. The summed E-state index contributed by atoms with van der Waals surface area (Å²) in [6.07, 6.45) is -2.40. The van der Waals surface area contributed by atoms with Crippen molar-refractivity contribution in [3.63, 3.8) is 0 Å². The Bertz CT molecular complexity index is 1300. The minimum Gasteiger partial charge on any atom is -0.496 e. The molecule has 0 aromatic heterocycles. The molecule has 0 amide bonds. The predicted octanol–water partition coefficient (Wildman–Crippen LogP) is 7.05. The van der Waals surface area contributed by atoms with Gasteiger partial charge in [-0.3, -0.25) is 0 Å². The van der Waals surface area contributed by atoms with Crippen molar-refractivity contribution in [1.29, 1.82) is 0 Å². The summed E-state index contributed by atoms with van der Waals surface area (Å²) in [5.41, 5.74) is 10.9. The molecule has 4 rings (SSSR count). The van der Waals surface area contributed by atoms with Crippen LogP contribution in [-0.4, -0.2) is 19.8 Å². The van der Waals surface area contributed by atoms with Gasteiger partial charge in [0, 0.05) is 22.4 Å². The summed E-state index contributed by atoms with van der Waals surface area (Å²) in [5.74, 6) is 0.933. The number of ether oxygens (including phenoxy) is 2. The number of para-hydroxylation sites is 1. The van der Waals surface area contributed by atoms with Crippen LogP contribution in [0.3, 0.4) is 0 Å². The normalized spacial score (nSPS) is 15.5. The first kappa shape index (κ1) is 24.7. The highest BCUT2D eigenvalue weighted by molar-refractivity contribution is 5.89. The average molecular weight is 483 g/mol. The van der Waals surface area contributed by atoms with Crippen molar-refractivity contribution in [2.45, 2.75) is 38.5 Å². The van der Waals surface area contributed by atoms with Crippen molar-refractivity contribution in [1.82, 2.24) is 0 Å². The van der Waals surface area contributed by atoms with E-state index in [-0.39, 0.29) is 5.54 Å². The quantitative estimate of drug-likeness (QED) is 0.409. The molecule has 3 aromatic carbocycles. The summed E-state index contributed by atoms with van der Waals surface area (Å²) < 4.78 is 52.0. The fourth-order valence-corrected chi connectivity index (χ4v) is 4.88. The third kappa shape index (κ3) is 4.60. The molecule has 0 spiro atoms. The molecule has 7 heteroatoms. The van der Waals surface area contributed by atoms with Crippen molar-refractivity contribution >= 4 is 11.3 Å². The summed E-state index contributed by atoms with van der Waals surface area (Å²) in [5, 5.41) is 3.51. The molecule has 1 aliphatic rings. The van der Waals surface area contributed by atoms with E-state index in [1.807, 2.05) is 43.3 Å². The molecule has 1 unspecified atom stereocenters. The van der Waals surface area contributed by atoms with Gasteiger partial charge in [0.25, 0.3) is 0 Å². The second-order valence-corrected chi connectivity index (χ2v) is 9.26. The fourth-order valence-electron chi connectivity index (χ4n) is 4.88.